The number of carbonyl (C=O) groups excluding carboxylic acids is 1. The van der Waals surface area contributed by atoms with Crippen molar-refractivity contribution in [1.82, 2.24) is 0 Å². The quantitative estimate of drug-likeness (QED) is 0.643. The zero-order chi connectivity index (χ0) is 9.42. The molecular formula is C9H11NO2S. The van der Waals surface area contributed by atoms with Crippen molar-refractivity contribution in [1.29, 1.82) is 0 Å². The lowest BCUT2D eigenvalue weighted by molar-refractivity contribution is 0.112. The lowest BCUT2D eigenvalue weighted by atomic mass is 10.2. The van der Waals surface area contributed by atoms with Crippen LogP contribution >= 0.6 is 11.3 Å². The van der Waals surface area contributed by atoms with Crippen molar-refractivity contribution in [3.63, 3.8) is 0 Å². The van der Waals surface area contributed by atoms with Crippen LogP contribution in [0.15, 0.2) is 6.07 Å². The standard InChI is InChI=1S/C9H11NO2S/c1-6-5-12-9-8(10(6)2)3-7(4-11)13-9/h3-4,6H,5H2,1-2H3. The van der Waals surface area contributed by atoms with E-state index in [1.54, 1.807) is 0 Å². The SMILES string of the molecule is CC1COc2sc(C=O)cc2N1C. The molecule has 1 unspecified atom stereocenters. The topological polar surface area (TPSA) is 29.5 Å². The van der Waals surface area contributed by atoms with E-state index >= 15 is 0 Å². The lowest BCUT2D eigenvalue weighted by Gasteiger charge is -2.31. The van der Waals surface area contributed by atoms with Gasteiger partial charge in [0.15, 0.2) is 11.3 Å². The van der Waals surface area contributed by atoms with Crippen molar-refractivity contribution < 1.29 is 9.53 Å². The molecule has 0 spiro atoms. The number of carbonyl (C=O) groups is 1. The summed E-state index contributed by atoms with van der Waals surface area (Å²) in [5.41, 5.74) is 1.03. The smallest absolute Gasteiger partial charge is 0.198 e. The summed E-state index contributed by atoms with van der Waals surface area (Å²) < 4.78 is 5.51. The molecule has 0 saturated heterocycles. The van der Waals surface area contributed by atoms with Gasteiger partial charge in [-0.3, -0.25) is 4.79 Å². The normalized spacial score (nSPS) is 20.8. The van der Waals surface area contributed by atoms with Crippen molar-refractivity contribution in [3.05, 3.63) is 10.9 Å². The number of likely N-dealkylation sites (N-methyl/N-ethyl adjacent to an activating group) is 1. The fraction of sp³-hybridized carbons (Fsp3) is 0.444. The number of ether oxygens (including phenoxy) is 1. The largest absolute Gasteiger partial charge is 0.480 e. The van der Waals surface area contributed by atoms with Crippen LogP contribution in [0.4, 0.5) is 5.69 Å². The summed E-state index contributed by atoms with van der Waals surface area (Å²) in [6.07, 6.45) is 0.866. The van der Waals surface area contributed by atoms with Gasteiger partial charge < -0.3 is 9.64 Å². The highest BCUT2D eigenvalue weighted by molar-refractivity contribution is 7.16. The number of aldehydes is 1. The first-order valence-corrected chi connectivity index (χ1v) is 4.98. The van der Waals surface area contributed by atoms with E-state index in [0.29, 0.717) is 12.6 Å². The van der Waals surface area contributed by atoms with E-state index in [2.05, 4.69) is 11.8 Å². The zero-order valence-electron chi connectivity index (χ0n) is 7.61. The molecule has 4 heteroatoms. The van der Waals surface area contributed by atoms with Gasteiger partial charge in [0.2, 0.25) is 0 Å². The summed E-state index contributed by atoms with van der Waals surface area (Å²) in [7, 11) is 2.02. The molecule has 0 radical (unpaired) electrons. The Bertz CT molecular complexity index is 334. The van der Waals surface area contributed by atoms with E-state index in [1.807, 2.05) is 13.1 Å². The Kier molecular flexibility index (Phi) is 2.00. The number of hydrogen-bond donors (Lipinski definition) is 0. The van der Waals surface area contributed by atoms with Crippen LogP contribution in [-0.2, 0) is 0 Å². The number of rotatable bonds is 1. The Hall–Kier alpha value is -1.03. The van der Waals surface area contributed by atoms with E-state index in [4.69, 9.17) is 4.74 Å². The molecule has 0 aromatic carbocycles. The Morgan fingerprint density at radius 3 is 3.23 bits per heavy atom. The third-order valence-electron chi connectivity index (χ3n) is 2.31. The van der Waals surface area contributed by atoms with Gasteiger partial charge in [0.1, 0.15) is 6.61 Å². The highest BCUT2D eigenvalue weighted by atomic mass is 32.1. The van der Waals surface area contributed by atoms with E-state index < -0.39 is 0 Å². The average molecular weight is 197 g/mol. The number of nitrogens with zero attached hydrogens (tertiary/aromatic N) is 1. The van der Waals surface area contributed by atoms with E-state index in [1.165, 1.54) is 11.3 Å². The summed E-state index contributed by atoms with van der Waals surface area (Å²) in [5.74, 6) is 0. The minimum atomic E-state index is 0.376. The van der Waals surface area contributed by atoms with Crippen molar-refractivity contribution in [2.45, 2.75) is 13.0 Å². The van der Waals surface area contributed by atoms with Gasteiger partial charge in [-0.05, 0) is 13.0 Å². The van der Waals surface area contributed by atoms with E-state index in [-0.39, 0.29) is 0 Å². The van der Waals surface area contributed by atoms with Gasteiger partial charge in [-0.25, -0.2) is 0 Å². The second-order valence-electron chi connectivity index (χ2n) is 3.21. The second-order valence-corrected chi connectivity index (χ2v) is 4.26. The van der Waals surface area contributed by atoms with E-state index in [9.17, 15) is 4.79 Å². The van der Waals surface area contributed by atoms with Crippen molar-refractivity contribution in [2.75, 3.05) is 18.6 Å². The van der Waals surface area contributed by atoms with Gasteiger partial charge in [0.05, 0.1) is 16.6 Å². The number of thiophene rings is 1. The van der Waals surface area contributed by atoms with Crippen molar-refractivity contribution >= 4 is 23.3 Å². The summed E-state index contributed by atoms with van der Waals surface area (Å²) in [5, 5.41) is 0.864. The second kappa shape index (κ2) is 3.03. The third kappa shape index (κ3) is 1.31. The average Bonchev–Trinajstić information content (AvgIpc) is 2.55. The number of fused-ring (bicyclic) bond motifs is 1. The molecule has 0 bridgehead atoms. The number of hydrogen-bond acceptors (Lipinski definition) is 4. The monoisotopic (exact) mass is 197 g/mol. The predicted octanol–water partition coefficient (Wildman–Crippen LogP) is 1.78. The summed E-state index contributed by atoms with van der Waals surface area (Å²) in [4.78, 5) is 13.4. The predicted molar refractivity (Wildman–Crippen MR) is 53.1 cm³/mol. The maximum atomic E-state index is 10.5. The Morgan fingerprint density at radius 2 is 2.54 bits per heavy atom. The molecule has 2 rings (SSSR count). The lowest BCUT2D eigenvalue weighted by Crippen LogP contribution is -2.37. The molecule has 1 aromatic rings. The first-order valence-electron chi connectivity index (χ1n) is 4.17. The van der Waals surface area contributed by atoms with Gasteiger partial charge in [0, 0.05) is 7.05 Å². The Balaban J connectivity index is 2.41. The Morgan fingerprint density at radius 1 is 1.77 bits per heavy atom. The Labute approximate surface area is 80.9 Å². The molecule has 0 aliphatic carbocycles. The van der Waals surface area contributed by atoms with Gasteiger partial charge in [0.25, 0.3) is 0 Å². The van der Waals surface area contributed by atoms with Gasteiger partial charge in [-0.15, -0.1) is 0 Å². The number of anilines is 1. The molecule has 1 aliphatic heterocycles. The van der Waals surface area contributed by atoms with Crippen LogP contribution in [0.5, 0.6) is 5.06 Å². The van der Waals surface area contributed by atoms with Crippen LogP contribution < -0.4 is 9.64 Å². The maximum Gasteiger partial charge on any atom is 0.198 e. The van der Waals surface area contributed by atoms with Gasteiger partial charge in [-0.1, -0.05) is 11.3 Å². The van der Waals surface area contributed by atoms with Crippen LogP contribution in [0, 0.1) is 0 Å². The molecule has 3 nitrogen and oxygen atoms in total. The zero-order valence-corrected chi connectivity index (χ0v) is 8.43. The molecule has 1 aliphatic rings. The summed E-state index contributed by atoms with van der Waals surface area (Å²) in [6.45, 7) is 2.80. The van der Waals surface area contributed by atoms with Crippen LogP contribution in [0.1, 0.15) is 16.6 Å². The molecule has 0 N–H and O–H groups in total. The van der Waals surface area contributed by atoms with Gasteiger partial charge >= 0.3 is 0 Å². The molecule has 13 heavy (non-hydrogen) atoms. The molecular weight excluding hydrogens is 186 g/mol. The first-order chi connectivity index (χ1) is 6.22. The first kappa shape index (κ1) is 8.56. The fourth-order valence-electron chi connectivity index (χ4n) is 1.34. The molecule has 0 saturated carbocycles. The highest BCUT2D eigenvalue weighted by Crippen LogP contribution is 2.40. The fourth-order valence-corrected chi connectivity index (χ4v) is 2.20. The molecule has 0 fully saturated rings. The maximum absolute atomic E-state index is 10.5. The molecule has 1 aromatic heterocycles. The third-order valence-corrected chi connectivity index (χ3v) is 3.27. The summed E-state index contributed by atoms with van der Waals surface area (Å²) >= 11 is 1.41. The minimum absolute atomic E-state index is 0.376. The molecule has 2 heterocycles. The minimum Gasteiger partial charge on any atom is -0.480 e. The van der Waals surface area contributed by atoms with Crippen molar-refractivity contribution in [3.8, 4) is 5.06 Å². The molecule has 0 amide bonds. The van der Waals surface area contributed by atoms with Crippen LogP contribution in [0.2, 0.25) is 0 Å². The summed E-state index contributed by atoms with van der Waals surface area (Å²) in [6, 6.07) is 2.25. The van der Waals surface area contributed by atoms with Gasteiger partial charge in [-0.2, -0.15) is 0 Å². The molecule has 70 valence electrons. The highest BCUT2D eigenvalue weighted by Gasteiger charge is 2.23. The van der Waals surface area contributed by atoms with Crippen LogP contribution in [-0.4, -0.2) is 26.0 Å². The molecule has 1 atom stereocenters. The van der Waals surface area contributed by atoms with Crippen molar-refractivity contribution in [2.24, 2.45) is 0 Å². The van der Waals surface area contributed by atoms with Crippen LogP contribution in [0.3, 0.4) is 0 Å². The van der Waals surface area contributed by atoms with Crippen LogP contribution in [0.25, 0.3) is 0 Å². The van der Waals surface area contributed by atoms with E-state index in [0.717, 1.165) is 21.9 Å².